The number of amides is 1. The second kappa shape index (κ2) is 8.47. The van der Waals surface area contributed by atoms with Gasteiger partial charge in [0.2, 0.25) is 11.8 Å². The van der Waals surface area contributed by atoms with Gasteiger partial charge in [-0.05, 0) is 19.8 Å². The number of likely N-dealkylation sites (tertiary alicyclic amines) is 1. The summed E-state index contributed by atoms with van der Waals surface area (Å²) in [5, 5.41) is 17.9. The van der Waals surface area contributed by atoms with Crippen LogP contribution < -0.4 is 0 Å². The van der Waals surface area contributed by atoms with E-state index in [1.807, 2.05) is 6.92 Å². The van der Waals surface area contributed by atoms with Gasteiger partial charge in [0.15, 0.2) is 0 Å². The summed E-state index contributed by atoms with van der Waals surface area (Å²) in [6.07, 6.45) is 3.52. The van der Waals surface area contributed by atoms with Crippen molar-refractivity contribution in [3.05, 3.63) is 17.8 Å². The Hall–Kier alpha value is -2.38. The van der Waals surface area contributed by atoms with Gasteiger partial charge >= 0.3 is 0 Å². The molecule has 1 aliphatic rings. The molecule has 0 aliphatic carbocycles. The van der Waals surface area contributed by atoms with Crippen LogP contribution in [0.2, 0.25) is 0 Å². The molecule has 1 aliphatic heterocycles. The summed E-state index contributed by atoms with van der Waals surface area (Å²) < 4.78 is 5.48. The smallest absolute Gasteiger partial charge is 0.220 e. The van der Waals surface area contributed by atoms with Crippen LogP contribution in [0.5, 0.6) is 0 Å². The summed E-state index contributed by atoms with van der Waals surface area (Å²) in [5.74, 6) is 1.14. The Morgan fingerprint density at radius 2 is 2.38 bits per heavy atom. The maximum Gasteiger partial charge on any atom is 0.220 e. The number of nitrogens with zero attached hydrogens (tertiary/aromatic N) is 5. The van der Waals surface area contributed by atoms with E-state index in [4.69, 9.17) is 9.68 Å². The summed E-state index contributed by atoms with van der Waals surface area (Å²) in [6.45, 7) is 6.00. The van der Waals surface area contributed by atoms with Gasteiger partial charge in [-0.1, -0.05) is 0 Å². The van der Waals surface area contributed by atoms with Crippen LogP contribution in [0.25, 0.3) is 0 Å². The first-order valence-electron chi connectivity index (χ1n) is 8.21. The van der Waals surface area contributed by atoms with Crippen LogP contribution in [0.4, 0.5) is 0 Å². The highest BCUT2D eigenvalue weighted by Gasteiger charge is 2.31. The molecule has 0 radical (unpaired) electrons. The Kier molecular flexibility index (Phi) is 6.34. The number of hydrogen-bond donors (Lipinski definition) is 0. The highest BCUT2D eigenvalue weighted by Crippen LogP contribution is 2.20. The first-order chi connectivity index (χ1) is 11.5. The lowest BCUT2D eigenvalue weighted by Gasteiger charge is -2.27. The Morgan fingerprint density at radius 3 is 2.96 bits per heavy atom. The van der Waals surface area contributed by atoms with Gasteiger partial charge in [0, 0.05) is 39.0 Å². The second-order valence-electron chi connectivity index (χ2n) is 6.24. The van der Waals surface area contributed by atoms with Gasteiger partial charge in [-0.2, -0.15) is 10.5 Å². The molecule has 2 heterocycles. The van der Waals surface area contributed by atoms with E-state index in [0.717, 1.165) is 25.3 Å². The van der Waals surface area contributed by atoms with Gasteiger partial charge in [0.05, 0.1) is 30.8 Å². The van der Waals surface area contributed by atoms with E-state index in [1.54, 1.807) is 18.0 Å². The van der Waals surface area contributed by atoms with E-state index in [0.29, 0.717) is 31.8 Å². The van der Waals surface area contributed by atoms with Crippen LogP contribution in [-0.2, 0) is 11.3 Å². The lowest BCUT2D eigenvalue weighted by Crippen LogP contribution is -2.40. The fourth-order valence-electron chi connectivity index (χ4n) is 3.10. The van der Waals surface area contributed by atoms with Gasteiger partial charge < -0.3 is 9.32 Å². The lowest BCUT2D eigenvalue weighted by atomic mass is 10.1. The number of rotatable bonds is 7. The van der Waals surface area contributed by atoms with Crippen LogP contribution in [-0.4, -0.2) is 46.4 Å². The van der Waals surface area contributed by atoms with Gasteiger partial charge in [0.1, 0.15) is 5.76 Å². The molecular formula is C17H23N5O2. The predicted octanol–water partition coefficient (Wildman–Crippen LogP) is 1.85. The summed E-state index contributed by atoms with van der Waals surface area (Å²) >= 11 is 0. The third kappa shape index (κ3) is 4.81. The quantitative estimate of drug-likeness (QED) is 0.757. The third-order valence-electron chi connectivity index (χ3n) is 4.33. The van der Waals surface area contributed by atoms with Gasteiger partial charge in [-0.3, -0.25) is 9.69 Å². The predicted molar refractivity (Wildman–Crippen MR) is 86.3 cm³/mol. The molecule has 0 spiro atoms. The van der Waals surface area contributed by atoms with E-state index in [-0.39, 0.29) is 17.9 Å². The third-order valence-corrected chi connectivity index (χ3v) is 4.33. The number of nitriles is 2. The zero-order valence-electron chi connectivity index (χ0n) is 14.2. The van der Waals surface area contributed by atoms with Crippen LogP contribution in [0.1, 0.15) is 37.8 Å². The first kappa shape index (κ1) is 18.0. The standard InChI is InChI=1S/C17H23N5O2/c1-13-9-20-17(24-13)12-22(14(2)23)16-5-7-21(11-16)10-15(8-19)4-3-6-18/h9,15-16H,3-5,7,10-12H2,1-2H3/t15-,16-/m1/s1. The van der Waals surface area contributed by atoms with Crippen molar-refractivity contribution >= 4 is 5.91 Å². The summed E-state index contributed by atoms with van der Waals surface area (Å²) in [4.78, 5) is 20.2. The van der Waals surface area contributed by atoms with Crippen molar-refractivity contribution in [3.63, 3.8) is 0 Å². The minimum absolute atomic E-state index is 0.000910. The molecule has 1 fully saturated rings. The Bertz CT molecular complexity index is 642. The average molecular weight is 329 g/mol. The van der Waals surface area contributed by atoms with E-state index in [2.05, 4.69) is 22.0 Å². The fourth-order valence-corrected chi connectivity index (χ4v) is 3.10. The maximum absolute atomic E-state index is 12.0. The van der Waals surface area contributed by atoms with Crippen molar-refractivity contribution in [3.8, 4) is 12.1 Å². The molecule has 7 nitrogen and oxygen atoms in total. The molecule has 0 saturated carbocycles. The monoisotopic (exact) mass is 329 g/mol. The molecule has 7 heteroatoms. The molecule has 0 aromatic carbocycles. The molecule has 2 rings (SSSR count). The number of aryl methyl sites for hydroxylation is 1. The molecule has 24 heavy (non-hydrogen) atoms. The molecule has 1 amide bonds. The maximum atomic E-state index is 12.0. The van der Waals surface area contributed by atoms with Crippen molar-refractivity contribution in [1.29, 1.82) is 10.5 Å². The molecule has 0 bridgehead atoms. The number of carbonyl (C=O) groups excluding carboxylic acids is 1. The fraction of sp³-hybridized carbons (Fsp3) is 0.647. The second-order valence-corrected chi connectivity index (χ2v) is 6.24. The van der Waals surface area contributed by atoms with Crippen molar-refractivity contribution in [2.45, 2.75) is 45.7 Å². The number of carbonyl (C=O) groups is 1. The van der Waals surface area contributed by atoms with E-state index in [9.17, 15) is 10.1 Å². The van der Waals surface area contributed by atoms with Crippen LogP contribution >= 0.6 is 0 Å². The summed E-state index contributed by atoms with van der Waals surface area (Å²) in [5.41, 5.74) is 0. The van der Waals surface area contributed by atoms with Crippen LogP contribution in [0.15, 0.2) is 10.6 Å². The first-order valence-corrected chi connectivity index (χ1v) is 8.21. The molecule has 1 saturated heterocycles. The topological polar surface area (TPSA) is 97.2 Å². The van der Waals surface area contributed by atoms with Gasteiger partial charge in [-0.15, -0.1) is 0 Å². The Balaban J connectivity index is 1.92. The van der Waals surface area contributed by atoms with Crippen molar-refractivity contribution < 1.29 is 9.21 Å². The van der Waals surface area contributed by atoms with Crippen molar-refractivity contribution in [2.75, 3.05) is 19.6 Å². The van der Waals surface area contributed by atoms with Crippen LogP contribution in [0.3, 0.4) is 0 Å². The molecule has 2 atom stereocenters. The SMILES string of the molecule is CC(=O)N(Cc1ncc(C)o1)[C@@H]1CCN(C[C@@H](C#N)CCC#N)C1. The molecular weight excluding hydrogens is 306 g/mol. The molecule has 0 N–H and O–H groups in total. The van der Waals surface area contributed by atoms with Crippen molar-refractivity contribution in [1.82, 2.24) is 14.8 Å². The number of aromatic nitrogens is 1. The zero-order valence-corrected chi connectivity index (χ0v) is 14.2. The summed E-state index contributed by atoms with van der Waals surface area (Å²) in [6, 6.07) is 4.47. The minimum Gasteiger partial charge on any atom is -0.444 e. The van der Waals surface area contributed by atoms with E-state index >= 15 is 0 Å². The highest BCUT2D eigenvalue weighted by molar-refractivity contribution is 5.73. The van der Waals surface area contributed by atoms with E-state index in [1.165, 1.54) is 0 Å². The normalized spacial score (nSPS) is 18.8. The molecule has 0 unspecified atom stereocenters. The highest BCUT2D eigenvalue weighted by atomic mass is 16.4. The molecule has 1 aromatic heterocycles. The number of hydrogen-bond acceptors (Lipinski definition) is 6. The Morgan fingerprint density at radius 1 is 1.58 bits per heavy atom. The van der Waals surface area contributed by atoms with Crippen molar-refractivity contribution in [2.24, 2.45) is 5.92 Å². The lowest BCUT2D eigenvalue weighted by molar-refractivity contribution is -0.132. The van der Waals surface area contributed by atoms with Gasteiger partial charge in [-0.25, -0.2) is 4.98 Å². The largest absolute Gasteiger partial charge is 0.444 e. The molecule has 128 valence electrons. The van der Waals surface area contributed by atoms with Crippen LogP contribution in [0, 0.1) is 35.5 Å². The summed E-state index contributed by atoms with van der Waals surface area (Å²) in [7, 11) is 0. The number of oxazole rings is 1. The molecule has 1 aromatic rings. The minimum atomic E-state index is -0.136. The van der Waals surface area contributed by atoms with E-state index < -0.39 is 0 Å². The Labute approximate surface area is 142 Å². The van der Waals surface area contributed by atoms with Gasteiger partial charge in [0.25, 0.3) is 0 Å². The zero-order chi connectivity index (χ0) is 17.5. The average Bonchev–Trinajstić information content (AvgIpc) is 3.17.